The number of carbonyl (C=O) groups is 2. The zero-order valence-electron chi connectivity index (χ0n) is 45.9. The van der Waals surface area contributed by atoms with E-state index in [4.69, 9.17) is 4.74 Å². The van der Waals surface area contributed by atoms with Gasteiger partial charge in [-0.25, -0.2) is 0 Å². The molecule has 0 bridgehead atoms. The number of unbranched alkanes of at least 4 members (excludes halogenated alkanes) is 44. The fourth-order valence-corrected chi connectivity index (χ4v) is 9.51. The van der Waals surface area contributed by atoms with Crippen molar-refractivity contribution >= 4 is 11.9 Å². The third-order valence-corrected chi connectivity index (χ3v) is 14.2. The summed E-state index contributed by atoms with van der Waals surface area (Å²) in [5.41, 5.74) is 0. The Bertz CT molecular complexity index is 1060. The SMILES string of the molecule is CCCCCCCCC/C=C\CCCCCCCCCC(=O)OCCCCCCCCCCCC(=O)NC(CO)C(O)/C=C/CCCCCCCCCCCCCCCCCCCCCCCC. The molecule has 6 heteroatoms. The molecule has 0 heterocycles. The van der Waals surface area contributed by atoms with Gasteiger partial charge in [-0.1, -0.05) is 289 Å². The number of allylic oxidation sites excluding steroid dienone is 3. The number of esters is 1. The molecule has 0 aliphatic rings. The van der Waals surface area contributed by atoms with Gasteiger partial charge >= 0.3 is 5.97 Å². The lowest BCUT2D eigenvalue weighted by atomic mass is 10.0. The van der Waals surface area contributed by atoms with Gasteiger partial charge in [0.2, 0.25) is 5.91 Å². The zero-order chi connectivity index (χ0) is 49.3. The van der Waals surface area contributed by atoms with Crippen molar-refractivity contribution in [2.24, 2.45) is 0 Å². The van der Waals surface area contributed by atoms with Crippen LogP contribution in [0.4, 0.5) is 0 Å². The molecule has 0 aromatic rings. The molecule has 0 aromatic heterocycles. The molecular formula is C62H119NO5. The van der Waals surface area contributed by atoms with Gasteiger partial charge in [0.15, 0.2) is 0 Å². The van der Waals surface area contributed by atoms with Crippen LogP contribution in [0.3, 0.4) is 0 Å². The Morgan fingerprint density at radius 2 is 0.691 bits per heavy atom. The number of carbonyl (C=O) groups excluding carboxylic acids is 2. The second kappa shape index (κ2) is 57.9. The standard InChI is InChI=1S/C62H119NO5/c1-3-5-7-9-11-13-15-17-19-21-23-24-25-26-27-28-29-31-33-35-38-42-46-50-54-60(65)59(58-64)63-61(66)55-51-47-43-39-37-41-45-49-53-57-68-62(67)56-52-48-44-40-36-34-32-30-22-20-18-16-14-12-10-8-6-4-2/h20,22,50,54,59-60,64-65H,3-19,21,23-49,51-53,55-58H2,1-2H3,(H,63,66)/b22-20-,54-50+. The first-order valence-electron chi connectivity index (χ1n) is 30.6. The molecule has 402 valence electrons. The number of hydrogen-bond acceptors (Lipinski definition) is 5. The van der Waals surface area contributed by atoms with E-state index in [1.54, 1.807) is 6.08 Å². The maximum atomic E-state index is 12.5. The number of rotatable bonds is 57. The number of aliphatic hydroxyl groups is 2. The van der Waals surface area contributed by atoms with Crippen LogP contribution in [-0.4, -0.2) is 47.4 Å². The highest BCUT2D eigenvalue weighted by Crippen LogP contribution is 2.17. The van der Waals surface area contributed by atoms with Crippen LogP contribution >= 0.6 is 0 Å². The van der Waals surface area contributed by atoms with Gasteiger partial charge in [0, 0.05) is 12.8 Å². The van der Waals surface area contributed by atoms with E-state index in [2.05, 4.69) is 31.3 Å². The van der Waals surface area contributed by atoms with E-state index < -0.39 is 12.1 Å². The molecule has 1 amide bonds. The Balaban J connectivity index is 3.49. The van der Waals surface area contributed by atoms with Crippen molar-refractivity contribution in [1.29, 1.82) is 0 Å². The molecule has 0 aliphatic heterocycles. The van der Waals surface area contributed by atoms with Crippen LogP contribution in [0.15, 0.2) is 24.3 Å². The predicted molar refractivity (Wildman–Crippen MR) is 296 cm³/mol. The number of nitrogens with one attached hydrogen (secondary N) is 1. The minimum atomic E-state index is -0.863. The molecule has 6 nitrogen and oxygen atoms in total. The third kappa shape index (κ3) is 53.7. The molecule has 2 unspecified atom stereocenters. The van der Waals surface area contributed by atoms with Gasteiger partial charge in [0.05, 0.1) is 25.4 Å². The number of amides is 1. The average molecular weight is 959 g/mol. The van der Waals surface area contributed by atoms with Gasteiger partial charge in [-0.2, -0.15) is 0 Å². The normalized spacial score (nSPS) is 12.7. The molecule has 0 fully saturated rings. The van der Waals surface area contributed by atoms with Gasteiger partial charge in [-0.15, -0.1) is 0 Å². The second-order valence-corrected chi connectivity index (χ2v) is 21.0. The monoisotopic (exact) mass is 958 g/mol. The molecular weight excluding hydrogens is 839 g/mol. The van der Waals surface area contributed by atoms with Crippen LogP contribution in [0.1, 0.15) is 335 Å². The fourth-order valence-electron chi connectivity index (χ4n) is 9.51. The lowest BCUT2D eigenvalue weighted by Crippen LogP contribution is -2.45. The van der Waals surface area contributed by atoms with Gasteiger partial charge in [0.25, 0.3) is 0 Å². The Morgan fingerprint density at radius 3 is 1.04 bits per heavy atom. The molecule has 68 heavy (non-hydrogen) atoms. The Kier molecular flexibility index (Phi) is 56.5. The van der Waals surface area contributed by atoms with Gasteiger partial charge in [-0.3, -0.25) is 9.59 Å². The van der Waals surface area contributed by atoms with Crippen LogP contribution < -0.4 is 5.32 Å². The summed E-state index contributed by atoms with van der Waals surface area (Å²) in [6, 6.07) is -0.649. The summed E-state index contributed by atoms with van der Waals surface area (Å²) in [7, 11) is 0. The van der Waals surface area contributed by atoms with Crippen molar-refractivity contribution in [3.63, 3.8) is 0 Å². The number of ether oxygens (including phenoxy) is 1. The maximum absolute atomic E-state index is 12.5. The highest BCUT2D eigenvalue weighted by atomic mass is 16.5. The summed E-state index contributed by atoms with van der Waals surface area (Å²) in [5, 5.41) is 23.2. The van der Waals surface area contributed by atoms with Crippen molar-refractivity contribution in [2.75, 3.05) is 13.2 Å². The van der Waals surface area contributed by atoms with E-state index >= 15 is 0 Å². The molecule has 0 rings (SSSR count). The quantitative estimate of drug-likeness (QED) is 0.0321. The van der Waals surface area contributed by atoms with Crippen molar-refractivity contribution in [1.82, 2.24) is 5.32 Å². The van der Waals surface area contributed by atoms with E-state index in [9.17, 15) is 19.8 Å². The zero-order valence-corrected chi connectivity index (χ0v) is 45.9. The van der Waals surface area contributed by atoms with Gasteiger partial charge in [-0.05, 0) is 57.8 Å². The summed E-state index contributed by atoms with van der Waals surface area (Å²) in [4.78, 5) is 24.6. The van der Waals surface area contributed by atoms with Crippen LogP contribution in [0.2, 0.25) is 0 Å². The predicted octanol–water partition coefficient (Wildman–Crippen LogP) is 19.0. The molecule has 0 spiro atoms. The smallest absolute Gasteiger partial charge is 0.305 e. The maximum Gasteiger partial charge on any atom is 0.305 e. The first-order valence-corrected chi connectivity index (χ1v) is 30.6. The summed E-state index contributed by atoms with van der Waals surface area (Å²) in [5.74, 6) is -0.121. The van der Waals surface area contributed by atoms with E-state index in [0.717, 1.165) is 57.8 Å². The highest BCUT2D eigenvalue weighted by Gasteiger charge is 2.18. The Labute approximate surface area is 424 Å². The highest BCUT2D eigenvalue weighted by molar-refractivity contribution is 5.76. The van der Waals surface area contributed by atoms with E-state index in [-0.39, 0.29) is 18.5 Å². The molecule has 0 aliphatic carbocycles. The second-order valence-electron chi connectivity index (χ2n) is 21.0. The van der Waals surface area contributed by atoms with Gasteiger partial charge in [0.1, 0.15) is 0 Å². The largest absolute Gasteiger partial charge is 0.466 e. The topological polar surface area (TPSA) is 95.9 Å². The summed E-state index contributed by atoms with van der Waals surface area (Å²) >= 11 is 0. The fraction of sp³-hybridized carbons (Fsp3) is 0.903. The van der Waals surface area contributed by atoms with Crippen LogP contribution in [0.5, 0.6) is 0 Å². The minimum absolute atomic E-state index is 0.0292. The summed E-state index contributed by atoms with van der Waals surface area (Å²) in [6.07, 6.45) is 70.7. The summed E-state index contributed by atoms with van der Waals surface area (Å²) < 4.78 is 5.47. The Hall–Kier alpha value is -1.66. The van der Waals surface area contributed by atoms with Crippen molar-refractivity contribution in [3.8, 4) is 0 Å². The molecule has 0 aromatic carbocycles. The third-order valence-electron chi connectivity index (χ3n) is 14.2. The lowest BCUT2D eigenvalue weighted by molar-refractivity contribution is -0.143. The van der Waals surface area contributed by atoms with E-state index in [1.807, 2.05) is 6.08 Å². The van der Waals surface area contributed by atoms with Crippen molar-refractivity contribution in [2.45, 2.75) is 347 Å². The lowest BCUT2D eigenvalue weighted by Gasteiger charge is -2.20. The molecule has 0 saturated heterocycles. The summed E-state index contributed by atoms with van der Waals surface area (Å²) in [6.45, 7) is 4.86. The first kappa shape index (κ1) is 66.3. The molecule has 3 N–H and O–H groups in total. The average Bonchev–Trinajstić information content (AvgIpc) is 3.34. The van der Waals surface area contributed by atoms with Gasteiger partial charge < -0.3 is 20.3 Å². The minimum Gasteiger partial charge on any atom is -0.466 e. The van der Waals surface area contributed by atoms with Crippen molar-refractivity contribution < 1.29 is 24.5 Å². The van der Waals surface area contributed by atoms with Crippen LogP contribution in [0.25, 0.3) is 0 Å². The van der Waals surface area contributed by atoms with E-state index in [0.29, 0.717) is 19.4 Å². The first-order chi connectivity index (χ1) is 33.5. The number of aliphatic hydroxyl groups excluding tert-OH is 2. The van der Waals surface area contributed by atoms with Crippen LogP contribution in [0, 0.1) is 0 Å². The Morgan fingerprint density at radius 1 is 0.397 bits per heavy atom. The van der Waals surface area contributed by atoms with Crippen LogP contribution in [-0.2, 0) is 14.3 Å². The van der Waals surface area contributed by atoms with E-state index in [1.165, 1.54) is 250 Å². The van der Waals surface area contributed by atoms with Crippen molar-refractivity contribution in [3.05, 3.63) is 24.3 Å². The molecule has 2 atom stereocenters. The molecule has 0 radical (unpaired) electrons. The molecule has 0 saturated carbocycles. The number of hydrogen-bond donors (Lipinski definition) is 3.